The lowest BCUT2D eigenvalue weighted by Crippen LogP contribution is -2.47. The summed E-state index contributed by atoms with van der Waals surface area (Å²) in [4.78, 5) is 20.6. The van der Waals surface area contributed by atoms with Crippen LogP contribution in [-0.2, 0) is 22.6 Å². The van der Waals surface area contributed by atoms with Gasteiger partial charge in [-0.15, -0.1) is 0 Å². The standard InChI is InChI=1S/C47H52N6O7/c1-28-34(8-6-9-35(28)47-50-39-19-30(18-31(23-48)46(39)60-47)25-51(2)32-14-12-29(13-15-32)20-45(55)56)36-10-7-11-40-37(36)24-49-53(40)33-21-43(57-4)38(44(22-33)58-5)26-52(3)41-16-17-59-27-42(41)54/h6-11,18-19,21-22,24,29,32,41-42,54H,12-17,20,25-27H2,1-5H3,(H,55,56)/t29?,32?,41-,42-/m0/s1. The molecular weight excluding hydrogens is 761 g/mol. The van der Waals surface area contributed by atoms with Crippen LogP contribution < -0.4 is 9.47 Å². The van der Waals surface area contributed by atoms with Crippen LogP contribution in [0.2, 0.25) is 0 Å². The highest BCUT2D eigenvalue weighted by Crippen LogP contribution is 2.39. The number of carboxylic acids is 1. The number of fused-ring (bicyclic) bond motifs is 2. The molecule has 6 aromatic rings. The number of aliphatic hydroxyl groups is 1. The molecule has 4 aromatic carbocycles. The molecule has 1 aliphatic heterocycles. The Hall–Kier alpha value is -5.78. The number of nitrogens with zero attached hydrogens (tertiary/aromatic N) is 6. The summed E-state index contributed by atoms with van der Waals surface area (Å²) in [6, 6.07) is 22.7. The number of aliphatic hydroxyl groups excluding tert-OH is 1. The number of ether oxygens (including phenoxy) is 3. The Labute approximate surface area is 349 Å². The molecule has 2 aliphatic rings. The van der Waals surface area contributed by atoms with Crippen LogP contribution in [0, 0.1) is 24.2 Å². The second-order valence-electron chi connectivity index (χ2n) is 16.3. The molecule has 3 heterocycles. The molecule has 1 saturated carbocycles. The number of oxazole rings is 1. The van der Waals surface area contributed by atoms with Crippen molar-refractivity contribution in [3.05, 3.63) is 89.1 Å². The first-order valence-electron chi connectivity index (χ1n) is 20.6. The third-order valence-electron chi connectivity index (χ3n) is 12.6. The molecule has 0 unspecified atom stereocenters. The molecule has 13 heteroatoms. The smallest absolute Gasteiger partial charge is 0.303 e. The number of aliphatic carboxylic acids is 1. The molecule has 0 amide bonds. The number of aromatic nitrogens is 3. The van der Waals surface area contributed by atoms with Crippen molar-refractivity contribution in [1.29, 1.82) is 5.26 Å². The molecule has 2 aromatic heterocycles. The fraction of sp³-hybridized carbons (Fsp3) is 0.404. The molecule has 2 fully saturated rings. The number of hydrogen-bond acceptors (Lipinski definition) is 11. The van der Waals surface area contributed by atoms with E-state index in [1.54, 1.807) is 14.2 Å². The molecule has 13 nitrogen and oxygen atoms in total. The van der Waals surface area contributed by atoms with E-state index < -0.39 is 12.1 Å². The Bertz CT molecular complexity index is 2540. The van der Waals surface area contributed by atoms with Crippen LogP contribution in [0.3, 0.4) is 0 Å². The largest absolute Gasteiger partial charge is 0.496 e. The first-order chi connectivity index (χ1) is 29.1. The molecule has 2 atom stereocenters. The van der Waals surface area contributed by atoms with E-state index in [-0.39, 0.29) is 18.4 Å². The van der Waals surface area contributed by atoms with Crippen molar-refractivity contribution in [2.24, 2.45) is 5.92 Å². The molecular formula is C47H52N6O7. The van der Waals surface area contributed by atoms with Crippen LogP contribution in [0.5, 0.6) is 11.5 Å². The van der Waals surface area contributed by atoms with E-state index in [0.29, 0.717) is 66.4 Å². The average molecular weight is 813 g/mol. The summed E-state index contributed by atoms with van der Waals surface area (Å²) in [5.74, 6) is 1.29. The minimum Gasteiger partial charge on any atom is -0.496 e. The summed E-state index contributed by atoms with van der Waals surface area (Å²) >= 11 is 0. The van der Waals surface area contributed by atoms with E-state index in [4.69, 9.17) is 28.7 Å². The second kappa shape index (κ2) is 17.4. The van der Waals surface area contributed by atoms with Crippen molar-refractivity contribution >= 4 is 28.0 Å². The predicted octanol–water partition coefficient (Wildman–Crippen LogP) is 7.74. The molecule has 312 valence electrons. The lowest BCUT2D eigenvalue weighted by Gasteiger charge is -2.35. The second-order valence-corrected chi connectivity index (χ2v) is 16.3. The van der Waals surface area contributed by atoms with E-state index in [1.807, 2.05) is 66.5 Å². The van der Waals surface area contributed by atoms with Crippen molar-refractivity contribution in [3.8, 4) is 45.8 Å². The summed E-state index contributed by atoms with van der Waals surface area (Å²) in [6.45, 7) is 4.16. The Morgan fingerprint density at radius 3 is 2.37 bits per heavy atom. The van der Waals surface area contributed by atoms with Crippen LogP contribution >= 0.6 is 0 Å². The number of nitriles is 1. The molecule has 60 heavy (non-hydrogen) atoms. The Morgan fingerprint density at radius 1 is 0.950 bits per heavy atom. The maximum Gasteiger partial charge on any atom is 0.303 e. The number of methoxy groups -OCH3 is 2. The summed E-state index contributed by atoms with van der Waals surface area (Å²) in [6.07, 6.45) is 6.02. The number of rotatable bonds is 13. The van der Waals surface area contributed by atoms with E-state index in [9.17, 15) is 20.3 Å². The van der Waals surface area contributed by atoms with Crippen molar-refractivity contribution in [2.75, 3.05) is 41.5 Å². The Morgan fingerprint density at radius 2 is 1.67 bits per heavy atom. The molecule has 8 rings (SSSR count). The molecule has 0 bridgehead atoms. The van der Waals surface area contributed by atoms with E-state index in [2.05, 4.69) is 42.0 Å². The van der Waals surface area contributed by atoms with Gasteiger partial charge >= 0.3 is 5.97 Å². The van der Waals surface area contributed by atoms with Gasteiger partial charge in [-0.3, -0.25) is 14.6 Å². The van der Waals surface area contributed by atoms with Gasteiger partial charge in [0.2, 0.25) is 5.89 Å². The van der Waals surface area contributed by atoms with E-state index >= 15 is 0 Å². The van der Waals surface area contributed by atoms with Crippen LogP contribution in [0.15, 0.2) is 71.3 Å². The number of likely N-dealkylation sites (N-methyl/N-ethyl adjacent to an activating group) is 1. The first-order valence-corrected chi connectivity index (χ1v) is 20.6. The molecule has 1 aliphatic carbocycles. The van der Waals surface area contributed by atoms with Crippen LogP contribution in [-0.4, -0.2) is 100 Å². The number of benzene rings is 4. The highest BCUT2D eigenvalue weighted by atomic mass is 16.5. The van der Waals surface area contributed by atoms with Gasteiger partial charge in [-0.2, -0.15) is 10.4 Å². The summed E-state index contributed by atoms with van der Waals surface area (Å²) in [5, 5.41) is 35.8. The van der Waals surface area contributed by atoms with Crippen LogP contribution in [0.1, 0.15) is 60.8 Å². The Balaban J connectivity index is 1.07. The van der Waals surface area contributed by atoms with Crippen molar-refractivity contribution in [1.82, 2.24) is 24.6 Å². The normalized spacial score (nSPS) is 19.6. The molecule has 0 radical (unpaired) electrons. The molecule has 0 spiro atoms. The minimum absolute atomic E-state index is 0.0398. The number of carbonyl (C=O) groups is 1. The van der Waals surface area contributed by atoms with Crippen molar-refractivity contribution in [3.63, 3.8) is 0 Å². The van der Waals surface area contributed by atoms with E-state index in [0.717, 1.165) is 82.1 Å². The van der Waals surface area contributed by atoms with Crippen molar-refractivity contribution < 1.29 is 33.6 Å². The van der Waals surface area contributed by atoms with Gasteiger partial charge in [0.1, 0.15) is 23.1 Å². The topological polar surface area (TPSA) is 159 Å². The van der Waals surface area contributed by atoms with Crippen molar-refractivity contribution in [2.45, 2.75) is 76.7 Å². The first kappa shape index (κ1) is 41.0. The van der Waals surface area contributed by atoms with Gasteiger partial charge in [0, 0.05) is 61.3 Å². The minimum atomic E-state index is -0.724. The zero-order valence-corrected chi connectivity index (χ0v) is 34.9. The highest BCUT2D eigenvalue weighted by Gasteiger charge is 2.30. The van der Waals surface area contributed by atoms with Gasteiger partial charge in [-0.25, -0.2) is 9.67 Å². The third kappa shape index (κ3) is 8.08. The van der Waals surface area contributed by atoms with Crippen LogP contribution in [0.25, 0.3) is 50.3 Å². The third-order valence-corrected chi connectivity index (χ3v) is 12.6. The lowest BCUT2D eigenvalue weighted by atomic mass is 9.83. The summed E-state index contributed by atoms with van der Waals surface area (Å²) in [5.41, 5.74) is 8.91. The predicted molar refractivity (Wildman–Crippen MR) is 228 cm³/mol. The SMILES string of the molecule is COc1cc(-n2ncc3c(-c4cccc(-c5nc6cc(CN(C)C7CCC(CC(=O)O)CC7)cc(C#N)c6o5)c4C)cccc32)cc(OC)c1CN(C)[C@H]1CCOC[C@@H]1O. The van der Waals surface area contributed by atoms with Gasteiger partial charge in [0.05, 0.1) is 55.5 Å². The van der Waals surface area contributed by atoms with E-state index in [1.165, 1.54) is 0 Å². The summed E-state index contributed by atoms with van der Waals surface area (Å²) < 4.78 is 25.6. The van der Waals surface area contributed by atoms with Gasteiger partial charge in [0.25, 0.3) is 0 Å². The molecule has 2 N–H and O–H groups in total. The highest BCUT2D eigenvalue weighted by molar-refractivity contribution is 5.97. The zero-order chi connectivity index (χ0) is 42.1. The maximum atomic E-state index is 11.2. The molecule has 1 saturated heterocycles. The van der Waals surface area contributed by atoms with Gasteiger partial charge in [-0.05, 0) is 106 Å². The van der Waals surface area contributed by atoms with Gasteiger partial charge < -0.3 is 28.8 Å². The maximum absolute atomic E-state index is 11.2. The number of carboxylic acid groups (broad SMARTS) is 1. The lowest BCUT2D eigenvalue weighted by molar-refractivity contribution is -0.138. The van der Waals surface area contributed by atoms with Gasteiger partial charge in [-0.1, -0.05) is 24.3 Å². The monoisotopic (exact) mass is 812 g/mol. The summed E-state index contributed by atoms with van der Waals surface area (Å²) in [7, 11) is 7.39. The zero-order valence-electron chi connectivity index (χ0n) is 34.9. The Kier molecular flexibility index (Phi) is 11.9. The van der Waals surface area contributed by atoms with Crippen LogP contribution in [0.4, 0.5) is 0 Å². The number of hydrogen-bond donors (Lipinski definition) is 2. The fourth-order valence-corrected chi connectivity index (χ4v) is 9.33. The fourth-order valence-electron chi connectivity index (χ4n) is 9.33. The van der Waals surface area contributed by atoms with Gasteiger partial charge in [0.15, 0.2) is 5.58 Å². The quantitative estimate of drug-likeness (QED) is 0.117. The average Bonchev–Trinajstić information content (AvgIpc) is 3.89.